The lowest BCUT2D eigenvalue weighted by Gasteiger charge is -2.08. The number of nitrogen functional groups attached to an aromatic ring is 1. The fourth-order valence-electron chi connectivity index (χ4n) is 1.48. The molecule has 2 rings (SSSR count). The Morgan fingerprint density at radius 1 is 1.50 bits per heavy atom. The van der Waals surface area contributed by atoms with Crippen LogP contribution in [0.3, 0.4) is 0 Å². The van der Waals surface area contributed by atoms with Crippen molar-refractivity contribution in [1.29, 1.82) is 0 Å². The van der Waals surface area contributed by atoms with Gasteiger partial charge in [0.1, 0.15) is 5.82 Å². The van der Waals surface area contributed by atoms with Crippen LogP contribution in [-0.2, 0) is 4.74 Å². The Labute approximate surface area is 115 Å². The molecule has 0 amide bonds. The molecule has 0 unspecified atom stereocenters. The molecule has 1 saturated carbocycles. The van der Waals surface area contributed by atoms with Crippen LogP contribution in [0.1, 0.15) is 19.3 Å². The molecule has 0 bridgehead atoms. The first kappa shape index (κ1) is 13.5. The third-order valence-corrected chi connectivity index (χ3v) is 3.26. The van der Waals surface area contributed by atoms with Crippen LogP contribution in [0.2, 0.25) is 0 Å². The SMILES string of the molecule is NNc1ncc(Br)c(NCCCOCC2CC2)n1. The van der Waals surface area contributed by atoms with Gasteiger partial charge in [-0.1, -0.05) is 0 Å². The standard InChI is InChI=1S/C11H18BrN5O/c12-9-6-15-11(17-13)16-10(9)14-4-1-5-18-7-8-2-3-8/h6,8H,1-5,7,13H2,(H2,14,15,16,17). The molecule has 0 aromatic carbocycles. The van der Waals surface area contributed by atoms with Crippen molar-refractivity contribution in [3.05, 3.63) is 10.7 Å². The van der Waals surface area contributed by atoms with Crippen LogP contribution in [0.15, 0.2) is 10.7 Å². The van der Waals surface area contributed by atoms with Gasteiger partial charge < -0.3 is 10.1 Å². The highest BCUT2D eigenvalue weighted by Gasteiger charge is 2.20. The molecule has 1 aromatic heterocycles. The molecule has 18 heavy (non-hydrogen) atoms. The second kappa shape index (κ2) is 6.86. The Morgan fingerprint density at radius 3 is 3.06 bits per heavy atom. The van der Waals surface area contributed by atoms with E-state index in [1.54, 1.807) is 6.20 Å². The molecule has 7 heteroatoms. The van der Waals surface area contributed by atoms with E-state index in [1.165, 1.54) is 12.8 Å². The van der Waals surface area contributed by atoms with Crippen molar-refractivity contribution in [3.8, 4) is 0 Å². The van der Waals surface area contributed by atoms with Crippen LogP contribution in [0, 0.1) is 5.92 Å². The molecule has 1 fully saturated rings. The Balaban J connectivity index is 1.65. The monoisotopic (exact) mass is 315 g/mol. The van der Waals surface area contributed by atoms with Crippen LogP contribution in [0.4, 0.5) is 11.8 Å². The van der Waals surface area contributed by atoms with Gasteiger partial charge in [0.15, 0.2) is 0 Å². The van der Waals surface area contributed by atoms with Gasteiger partial charge in [0.05, 0.1) is 4.47 Å². The number of hydrazine groups is 1. The van der Waals surface area contributed by atoms with Gasteiger partial charge in [0, 0.05) is 26.0 Å². The lowest BCUT2D eigenvalue weighted by Crippen LogP contribution is -2.13. The molecule has 6 nitrogen and oxygen atoms in total. The lowest BCUT2D eigenvalue weighted by atomic mass is 10.4. The van der Waals surface area contributed by atoms with E-state index < -0.39 is 0 Å². The molecule has 0 saturated heterocycles. The smallest absolute Gasteiger partial charge is 0.239 e. The van der Waals surface area contributed by atoms with E-state index in [-0.39, 0.29) is 0 Å². The van der Waals surface area contributed by atoms with Crippen molar-refractivity contribution in [3.63, 3.8) is 0 Å². The highest BCUT2D eigenvalue weighted by molar-refractivity contribution is 9.10. The number of hydrogen-bond acceptors (Lipinski definition) is 6. The predicted molar refractivity (Wildman–Crippen MR) is 74.2 cm³/mol. The predicted octanol–water partition coefficient (Wildman–Crippen LogP) is 1.75. The molecule has 0 atom stereocenters. The maximum absolute atomic E-state index is 5.55. The van der Waals surface area contributed by atoms with E-state index in [0.717, 1.165) is 42.4 Å². The summed E-state index contributed by atoms with van der Waals surface area (Å²) in [6.45, 7) is 2.51. The van der Waals surface area contributed by atoms with Crippen molar-refractivity contribution in [2.24, 2.45) is 11.8 Å². The second-order valence-electron chi connectivity index (χ2n) is 4.33. The van der Waals surface area contributed by atoms with Crippen molar-refractivity contribution in [1.82, 2.24) is 9.97 Å². The topological polar surface area (TPSA) is 85.1 Å². The van der Waals surface area contributed by atoms with Crippen molar-refractivity contribution in [2.45, 2.75) is 19.3 Å². The number of hydrogen-bond donors (Lipinski definition) is 3. The molecule has 1 aliphatic carbocycles. The maximum Gasteiger partial charge on any atom is 0.239 e. The molecule has 1 aliphatic rings. The minimum atomic E-state index is 0.394. The number of aromatic nitrogens is 2. The second-order valence-corrected chi connectivity index (χ2v) is 5.19. The molecular weight excluding hydrogens is 298 g/mol. The minimum Gasteiger partial charge on any atom is -0.381 e. The van der Waals surface area contributed by atoms with Crippen molar-refractivity contribution >= 4 is 27.7 Å². The third kappa shape index (κ3) is 4.40. The van der Waals surface area contributed by atoms with E-state index in [4.69, 9.17) is 10.6 Å². The van der Waals surface area contributed by atoms with Crippen LogP contribution < -0.4 is 16.6 Å². The zero-order chi connectivity index (χ0) is 12.8. The summed E-state index contributed by atoms with van der Waals surface area (Å²) in [7, 11) is 0. The summed E-state index contributed by atoms with van der Waals surface area (Å²) >= 11 is 3.38. The summed E-state index contributed by atoms with van der Waals surface area (Å²) in [6, 6.07) is 0. The molecule has 0 spiro atoms. The number of nitrogens with two attached hydrogens (primary N) is 1. The van der Waals surface area contributed by atoms with Crippen LogP contribution in [-0.4, -0.2) is 29.7 Å². The summed E-state index contributed by atoms with van der Waals surface area (Å²) in [6.07, 6.45) is 5.28. The first-order valence-electron chi connectivity index (χ1n) is 6.10. The average Bonchev–Trinajstić information content (AvgIpc) is 3.19. The quantitative estimate of drug-likeness (QED) is 0.385. The third-order valence-electron chi connectivity index (χ3n) is 2.68. The summed E-state index contributed by atoms with van der Waals surface area (Å²) in [5.74, 6) is 7.22. The van der Waals surface area contributed by atoms with E-state index in [9.17, 15) is 0 Å². The zero-order valence-corrected chi connectivity index (χ0v) is 11.7. The summed E-state index contributed by atoms with van der Waals surface area (Å²) < 4.78 is 6.37. The first-order chi connectivity index (χ1) is 8.79. The molecule has 4 N–H and O–H groups in total. The first-order valence-corrected chi connectivity index (χ1v) is 6.89. The van der Waals surface area contributed by atoms with Gasteiger partial charge >= 0.3 is 0 Å². The van der Waals surface area contributed by atoms with E-state index in [2.05, 4.69) is 36.6 Å². The fraction of sp³-hybridized carbons (Fsp3) is 0.636. The number of nitrogens with zero attached hydrogens (tertiary/aromatic N) is 2. The molecular formula is C11H18BrN5O. The molecule has 1 heterocycles. The summed E-state index contributed by atoms with van der Waals surface area (Å²) in [4.78, 5) is 8.18. The Hall–Kier alpha value is -0.920. The maximum atomic E-state index is 5.55. The van der Waals surface area contributed by atoms with E-state index in [0.29, 0.717) is 5.95 Å². The Morgan fingerprint density at radius 2 is 2.33 bits per heavy atom. The van der Waals surface area contributed by atoms with Gasteiger partial charge in [-0.05, 0) is 41.1 Å². The molecule has 100 valence electrons. The highest BCUT2D eigenvalue weighted by atomic mass is 79.9. The van der Waals surface area contributed by atoms with Gasteiger partial charge in [0.2, 0.25) is 5.95 Å². The number of ether oxygens (including phenoxy) is 1. The van der Waals surface area contributed by atoms with Gasteiger partial charge in [-0.3, -0.25) is 5.43 Å². The average molecular weight is 316 g/mol. The number of halogens is 1. The van der Waals surface area contributed by atoms with Gasteiger partial charge in [0.25, 0.3) is 0 Å². The molecule has 0 aliphatic heterocycles. The van der Waals surface area contributed by atoms with Gasteiger partial charge in [-0.15, -0.1) is 0 Å². The summed E-state index contributed by atoms with van der Waals surface area (Å²) in [5.41, 5.74) is 2.42. The Kier molecular flexibility index (Phi) is 5.15. The van der Waals surface area contributed by atoms with Crippen LogP contribution in [0.25, 0.3) is 0 Å². The zero-order valence-electron chi connectivity index (χ0n) is 10.2. The molecule has 1 aromatic rings. The van der Waals surface area contributed by atoms with Crippen molar-refractivity contribution < 1.29 is 4.74 Å². The molecule has 0 radical (unpaired) electrons. The van der Waals surface area contributed by atoms with Crippen LogP contribution in [0.5, 0.6) is 0 Å². The van der Waals surface area contributed by atoms with E-state index >= 15 is 0 Å². The number of rotatable bonds is 8. The normalized spacial score (nSPS) is 14.6. The van der Waals surface area contributed by atoms with Crippen molar-refractivity contribution in [2.75, 3.05) is 30.5 Å². The van der Waals surface area contributed by atoms with Crippen LogP contribution >= 0.6 is 15.9 Å². The minimum absolute atomic E-state index is 0.394. The number of anilines is 2. The largest absolute Gasteiger partial charge is 0.381 e. The lowest BCUT2D eigenvalue weighted by molar-refractivity contribution is 0.124. The number of nitrogens with one attached hydrogen (secondary N) is 2. The summed E-state index contributed by atoms with van der Waals surface area (Å²) in [5, 5.41) is 3.22. The van der Waals surface area contributed by atoms with E-state index in [1.807, 2.05) is 0 Å². The van der Waals surface area contributed by atoms with Gasteiger partial charge in [-0.25, -0.2) is 10.8 Å². The Bertz CT molecular complexity index is 386. The van der Waals surface area contributed by atoms with Gasteiger partial charge in [-0.2, -0.15) is 4.98 Å². The fourth-order valence-corrected chi connectivity index (χ4v) is 1.81. The highest BCUT2D eigenvalue weighted by Crippen LogP contribution is 2.28.